The minimum atomic E-state index is -5.98. The highest BCUT2D eigenvalue weighted by Crippen LogP contribution is 2.52. The minimum Gasteiger partial charge on any atom is -0.480 e. The van der Waals surface area contributed by atoms with Crippen LogP contribution in [0.15, 0.2) is 12.1 Å². The summed E-state index contributed by atoms with van der Waals surface area (Å²) in [6.07, 6.45) is -5.98. The van der Waals surface area contributed by atoms with Gasteiger partial charge >= 0.3 is 18.1 Å². The minimum absolute atomic E-state index is 0.284. The van der Waals surface area contributed by atoms with Crippen molar-refractivity contribution >= 4 is 40.8 Å². The van der Waals surface area contributed by atoms with Crippen LogP contribution in [0.25, 0.3) is 11.1 Å². The van der Waals surface area contributed by atoms with E-state index in [4.69, 9.17) is 39.5 Å². The van der Waals surface area contributed by atoms with Gasteiger partial charge < -0.3 is 14.0 Å². The molecule has 1 aromatic carbocycles. The number of alkyl halides is 5. The van der Waals surface area contributed by atoms with Gasteiger partial charge in [0, 0.05) is 18.2 Å². The molecule has 0 aliphatic heterocycles. The monoisotopic (exact) mass is 483 g/mol. The third kappa shape index (κ3) is 4.24. The maximum Gasteiger partial charge on any atom is 0.459 e. The maximum atomic E-state index is 14.4. The number of esters is 1. The molecule has 2 aromatic rings. The number of aromatic nitrogens is 1. The van der Waals surface area contributed by atoms with Crippen molar-refractivity contribution in [2.45, 2.75) is 12.1 Å². The van der Waals surface area contributed by atoms with Crippen LogP contribution in [0.2, 0.25) is 15.2 Å². The molecule has 0 saturated carbocycles. The fourth-order valence-corrected chi connectivity index (χ4v) is 3.33. The van der Waals surface area contributed by atoms with Crippen molar-refractivity contribution < 1.29 is 40.6 Å². The number of carbonyl (C=O) groups excluding carboxylic acids is 1. The molecule has 160 valence electrons. The van der Waals surface area contributed by atoms with Crippen LogP contribution < -0.4 is 4.74 Å². The first-order valence-electron chi connectivity index (χ1n) is 7.41. The van der Waals surface area contributed by atoms with Crippen molar-refractivity contribution in [3.8, 4) is 16.9 Å². The SMILES string of the molecule is COC(=O)COc1cc(-c2c(Cl)c(C(F)(F)C(F)(F)F)n(C)c2Cl)c(F)cc1Cl. The van der Waals surface area contributed by atoms with Gasteiger partial charge in [-0.05, 0) is 12.1 Å². The van der Waals surface area contributed by atoms with E-state index in [1.807, 2.05) is 0 Å². The van der Waals surface area contributed by atoms with Crippen LogP contribution in [-0.4, -0.2) is 30.4 Å². The molecule has 13 heteroatoms. The Balaban J connectivity index is 2.67. The lowest BCUT2D eigenvalue weighted by atomic mass is 10.1. The van der Waals surface area contributed by atoms with E-state index < -0.39 is 57.5 Å². The highest BCUT2D eigenvalue weighted by atomic mass is 35.5. The number of ether oxygens (including phenoxy) is 2. The number of halogens is 9. The number of nitrogens with zero attached hydrogens (tertiary/aromatic N) is 1. The average Bonchev–Trinajstić information content (AvgIpc) is 2.82. The van der Waals surface area contributed by atoms with Gasteiger partial charge in [-0.1, -0.05) is 34.8 Å². The standard InChI is InChI=1S/C16H10Cl3F6NO3/c1-26-13(15(21,22)16(23,24)25)12(18)11(14(26)19)6-3-9(7(17)4-8(6)20)29-5-10(27)28-2/h3-4H,5H2,1-2H3. The Morgan fingerprint density at radius 2 is 1.72 bits per heavy atom. The largest absolute Gasteiger partial charge is 0.480 e. The number of benzene rings is 1. The quantitative estimate of drug-likeness (QED) is 0.386. The first kappa shape index (κ1) is 23.5. The summed E-state index contributed by atoms with van der Waals surface area (Å²) in [4.78, 5) is 11.2. The Morgan fingerprint density at radius 3 is 2.24 bits per heavy atom. The van der Waals surface area contributed by atoms with E-state index in [1.54, 1.807) is 0 Å². The Labute approximate surface area is 174 Å². The van der Waals surface area contributed by atoms with Gasteiger partial charge in [0.2, 0.25) is 0 Å². The molecule has 1 aromatic heterocycles. The number of carbonyl (C=O) groups is 1. The third-order valence-corrected chi connectivity index (χ3v) is 4.89. The van der Waals surface area contributed by atoms with Crippen LogP contribution in [0, 0.1) is 5.82 Å². The molecule has 0 fully saturated rings. The van der Waals surface area contributed by atoms with E-state index >= 15 is 0 Å². The van der Waals surface area contributed by atoms with Crippen LogP contribution in [0.3, 0.4) is 0 Å². The number of methoxy groups -OCH3 is 1. The van der Waals surface area contributed by atoms with Gasteiger partial charge in [0.1, 0.15) is 22.4 Å². The van der Waals surface area contributed by atoms with E-state index in [-0.39, 0.29) is 10.8 Å². The Kier molecular flexibility index (Phi) is 6.61. The number of hydrogen-bond donors (Lipinski definition) is 0. The molecule has 0 N–H and O–H groups in total. The van der Waals surface area contributed by atoms with Crippen LogP contribution in [0.1, 0.15) is 5.69 Å². The molecule has 2 rings (SSSR count). The van der Waals surface area contributed by atoms with E-state index in [9.17, 15) is 31.1 Å². The van der Waals surface area contributed by atoms with Gasteiger partial charge in [0.15, 0.2) is 6.61 Å². The first-order chi connectivity index (χ1) is 13.2. The highest BCUT2D eigenvalue weighted by molar-refractivity contribution is 6.40. The van der Waals surface area contributed by atoms with Crippen molar-refractivity contribution in [3.05, 3.63) is 38.8 Å². The Morgan fingerprint density at radius 1 is 1.14 bits per heavy atom. The fourth-order valence-electron chi connectivity index (χ4n) is 2.36. The second kappa shape index (κ2) is 8.16. The van der Waals surface area contributed by atoms with Crippen LogP contribution in [-0.2, 0) is 22.5 Å². The summed E-state index contributed by atoms with van der Waals surface area (Å²) in [6.45, 7) is -0.630. The lowest BCUT2D eigenvalue weighted by molar-refractivity contribution is -0.291. The topological polar surface area (TPSA) is 40.5 Å². The van der Waals surface area contributed by atoms with E-state index in [2.05, 4.69) is 4.74 Å². The fraction of sp³-hybridized carbons (Fsp3) is 0.312. The smallest absolute Gasteiger partial charge is 0.459 e. The van der Waals surface area contributed by atoms with Crippen molar-refractivity contribution in [3.63, 3.8) is 0 Å². The predicted octanol–water partition coefficient (Wildman–Crippen LogP) is 6.00. The van der Waals surface area contributed by atoms with Crippen molar-refractivity contribution in [1.29, 1.82) is 0 Å². The highest BCUT2D eigenvalue weighted by Gasteiger charge is 2.61. The summed E-state index contributed by atoms with van der Waals surface area (Å²) in [6, 6.07) is 1.56. The molecule has 0 atom stereocenters. The first-order valence-corrected chi connectivity index (χ1v) is 8.55. The summed E-state index contributed by atoms with van der Waals surface area (Å²) in [7, 11) is 1.89. The van der Waals surface area contributed by atoms with Crippen molar-refractivity contribution in [1.82, 2.24) is 4.57 Å². The number of hydrogen-bond acceptors (Lipinski definition) is 3. The summed E-state index contributed by atoms with van der Waals surface area (Å²) in [5, 5.41) is -2.10. The van der Waals surface area contributed by atoms with Gasteiger partial charge in [-0.3, -0.25) is 0 Å². The molecule has 0 amide bonds. The Hall–Kier alpha value is -1.78. The molecule has 0 spiro atoms. The van der Waals surface area contributed by atoms with Gasteiger partial charge in [0.25, 0.3) is 0 Å². The zero-order valence-corrected chi connectivity index (χ0v) is 16.7. The van der Waals surface area contributed by atoms with E-state index in [1.165, 1.54) is 0 Å². The zero-order valence-electron chi connectivity index (χ0n) is 14.4. The van der Waals surface area contributed by atoms with Crippen molar-refractivity contribution in [2.24, 2.45) is 7.05 Å². The second-order valence-electron chi connectivity index (χ2n) is 5.59. The van der Waals surface area contributed by atoms with Gasteiger partial charge in [-0.15, -0.1) is 0 Å². The zero-order chi connectivity index (χ0) is 22.3. The van der Waals surface area contributed by atoms with Crippen molar-refractivity contribution in [2.75, 3.05) is 13.7 Å². The maximum absolute atomic E-state index is 14.4. The molecule has 0 bridgehead atoms. The van der Waals surface area contributed by atoms with Crippen LogP contribution in [0.4, 0.5) is 26.3 Å². The van der Waals surface area contributed by atoms with Crippen LogP contribution in [0.5, 0.6) is 5.75 Å². The lowest BCUT2D eigenvalue weighted by Gasteiger charge is -2.20. The predicted molar refractivity (Wildman–Crippen MR) is 93.3 cm³/mol. The Bertz CT molecular complexity index is 959. The average molecular weight is 485 g/mol. The second-order valence-corrected chi connectivity index (χ2v) is 6.73. The molecule has 0 saturated heterocycles. The van der Waals surface area contributed by atoms with Gasteiger partial charge in [-0.25, -0.2) is 9.18 Å². The normalized spacial score (nSPS) is 12.2. The molecular weight excluding hydrogens is 475 g/mol. The molecule has 0 aliphatic carbocycles. The van der Waals surface area contributed by atoms with Gasteiger partial charge in [0.05, 0.1) is 17.2 Å². The van der Waals surface area contributed by atoms with Gasteiger partial charge in [-0.2, -0.15) is 22.0 Å². The molecule has 0 aliphatic rings. The van der Waals surface area contributed by atoms with E-state index in [0.717, 1.165) is 20.2 Å². The molecule has 0 radical (unpaired) electrons. The molecule has 0 unspecified atom stereocenters. The third-order valence-electron chi connectivity index (χ3n) is 3.78. The van der Waals surface area contributed by atoms with Crippen LogP contribution >= 0.6 is 34.8 Å². The van der Waals surface area contributed by atoms with E-state index in [0.29, 0.717) is 10.6 Å². The summed E-state index contributed by atoms with van der Waals surface area (Å²) in [5.41, 5.74) is -2.87. The molecule has 4 nitrogen and oxygen atoms in total. The number of rotatable bonds is 5. The summed E-state index contributed by atoms with van der Waals surface area (Å²) >= 11 is 17.5. The molecule has 1 heterocycles. The molecular formula is C16H10Cl3F6NO3. The molecule has 29 heavy (non-hydrogen) atoms. The summed E-state index contributed by atoms with van der Waals surface area (Å²) in [5.74, 6) is -7.59. The summed E-state index contributed by atoms with van der Waals surface area (Å²) < 4.78 is 90.4. The lowest BCUT2D eigenvalue weighted by Crippen LogP contribution is -2.35.